The molecule has 0 aliphatic heterocycles. The molecule has 0 unspecified atom stereocenters. The van der Waals surface area contributed by atoms with Gasteiger partial charge in [-0.3, -0.25) is 4.79 Å². The SMILES string of the molecule is COc1ccc(CCCCc2ccc3c(c2O)C(=O)c2c(O)cccc2C3)cc1OC. The number of hydrogen-bond donors (Lipinski definition) is 2. The molecule has 0 saturated heterocycles. The summed E-state index contributed by atoms with van der Waals surface area (Å²) < 4.78 is 10.6. The van der Waals surface area contributed by atoms with Gasteiger partial charge < -0.3 is 19.7 Å². The molecule has 0 atom stereocenters. The predicted molar refractivity (Wildman–Crippen MR) is 119 cm³/mol. The van der Waals surface area contributed by atoms with E-state index in [1.54, 1.807) is 20.3 Å². The Morgan fingerprint density at radius 1 is 0.839 bits per heavy atom. The number of aromatic hydroxyl groups is 2. The highest BCUT2D eigenvalue weighted by Crippen LogP contribution is 2.38. The fourth-order valence-corrected chi connectivity index (χ4v) is 4.29. The molecule has 0 saturated carbocycles. The van der Waals surface area contributed by atoms with Gasteiger partial charge in [-0.05, 0) is 72.6 Å². The molecule has 0 radical (unpaired) electrons. The Hall–Kier alpha value is -3.47. The van der Waals surface area contributed by atoms with Gasteiger partial charge in [0.05, 0.1) is 25.3 Å². The minimum absolute atomic E-state index is 0.0344. The number of aryl methyl sites for hydroxylation is 2. The Kier molecular flexibility index (Phi) is 5.85. The number of fused-ring (bicyclic) bond motifs is 2. The van der Waals surface area contributed by atoms with Crippen LogP contribution < -0.4 is 9.47 Å². The second kappa shape index (κ2) is 8.72. The van der Waals surface area contributed by atoms with Crippen LogP contribution in [0.2, 0.25) is 0 Å². The van der Waals surface area contributed by atoms with Crippen molar-refractivity contribution in [3.05, 3.63) is 81.9 Å². The van der Waals surface area contributed by atoms with Crippen LogP contribution in [-0.2, 0) is 19.3 Å². The third kappa shape index (κ3) is 3.96. The van der Waals surface area contributed by atoms with Crippen molar-refractivity contribution in [2.75, 3.05) is 14.2 Å². The average molecular weight is 418 g/mol. The van der Waals surface area contributed by atoms with Gasteiger partial charge in [-0.2, -0.15) is 0 Å². The molecule has 0 heterocycles. The first-order valence-electron chi connectivity index (χ1n) is 10.4. The summed E-state index contributed by atoms with van der Waals surface area (Å²) in [7, 11) is 3.24. The first kappa shape index (κ1) is 20.8. The van der Waals surface area contributed by atoms with E-state index < -0.39 is 0 Å². The monoisotopic (exact) mass is 418 g/mol. The zero-order valence-electron chi connectivity index (χ0n) is 17.8. The van der Waals surface area contributed by atoms with E-state index in [1.807, 2.05) is 36.4 Å². The lowest BCUT2D eigenvalue weighted by Gasteiger charge is -2.21. The number of rotatable bonds is 7. The lowest BCUT2D eigenvalue weighted by atomic mass is 9.82. The maximum absolute atomic E-state index is 13.0. The highest BCUT2D eigenvalue weighted by atomic mass is 16.5. The topological polar surface area (TPSA) is 76.0 Å². The lowest BCUT2D eigenvalue weighted by molar-refractivity contribution is 0.102. The maximum Gasteiger partial charge on any atom is 0.201 e. The highest BCUT2D eigenvalue weighted by molar-refractivity contribution is 6.15. The van der Waals surface area contributed by atoms with Gasteiger partial charge >= 0.3 is 0 Å². The van der Waals surface area contributed by atoms with Gasteiger partial charge in [0.2, 0.25) is 5.78 Å². The number of carbonyl (C=O) groups is 1. The zero-order chi connectivity index (χ0) is 22.0. The molecule has 160 valence electrons. The molecule has 0 spiro atoms. The number of unbranched alkanes of at least 4 members (excludes halogenated alkanes) is 1. The predicted octanol–water partition coefficient (Wildman–Crippen LogP) is 4.82. The van der Waals surface area contributed by atoms with E-state index in [2.05, 4.69) is 0 Å². The van der Waals surface area contributed by atoms with Crippen molar-refractivity contribution < 1.29 is 24.5 Å². The fourth-order valence-electron chi connectivity index (χ4n) is 4.29. The smallest absolute Gasteiger partial charge is 0.201 e. The van der Waals surface area contributed by atoms with Crippen molar-refractivity contribution in [2.45, 2.75) is 32.1 Å². The first-order chi connectivity index (χ1) is 15.0. The van der Waals surface area contributed by atoms with Gasteiger partial charge in [0.15, 0.2) is 11.5 Å². The molecule has 31 heavy (non-hydrogen) atoms. The first-order valence-corrected chi connectivity index (χ1v) is 10.4. The van der Waals surface area contributed by atoms with Gasteiger partial charge in [0, 0.05) is 0 Å². The molecular weight excluding hydrogens is 392 g/mol. The van der Waals surface area contributed by atoms with Crippen molar-refractivity contribution in [1.82, 2.24) is 0 Å². The molecule has 1 aliphatic carbocycles. The van der Waals surface area contributed by atoms with Crippen LogP contribution in [0.4, 0.5) is 0 Å². The normalized spacial score (nSPS) is 12.3. The lowest BCUT2D eigenvalue weighted by Crippen LogP contribution is -2.16. The molecule has 3 aromatic carbocycles. The standard InChI is InChI=1S/C26H26O5/c1-30-21-13-10-16(14-22(21)31-2)6-3-4-7-17-11-12-19-15-18-8-5-9-20(27)23(18)26(29)24(19)25(17)28/h5,8-14,27-28H,3-4,6-7,15H2,1-2H3. The summed E-state index contributed by atoms with van der Waals surface area (Å²) in [5, 5.41) is 21.0. The van der Waals surface area contributed by atoms with Crippen molar-refractivity contribution in [3.63, 3.8) is 0 Å². The molecule has 5 nitrogen and oxygen atoms in total. The molecule has 5 heteroatoms. The van der Waals surface area contributed by atoms with Crippen LogP contribution in [0.3, 0.4) is 0 Å². The molecule has 0 amide bonds. The molecule has 0 bridgehead atoms. The molecule has 3 aromatic rings. The third-order valence-electron chi connectivity index (χ3n) is 5.92. The van der Waals surface area contributed by atoms with Crippen LogP contribution >= 0.6 is 0 Å². The molecule has 4 rings (SSSR count). The van der Waals surface area contributed by atoms with E-state index in [0.29, 0.717) is 29.7 Å². The van der Waals surface area contributed by atoms with Gasteiger partial charge in [0.25, 0.3) is 0 Å². The zero-order valence-corrected chi connectivity index (χ0v) is 17.8. The number of phenols is 2. The second-order valence-corrected chi connectivity index (χ2v) is 7.82. The summed E-state index contributed by atoms with van der Waals surface area (Å²) in [5.41, 5.74) is 4.14. The molecule has 1 aliphatic rings. The minimum atomic E-state index is -0.306. The van der Waals surface area contributed by atoms with E-state index in [0.717, 1.165) is 47.3 Å². The van der Waals surface area contributed by atoms with Crippen molar-refractivity contribution in [2.24, 2.45) is 0 Å². The summed E-state index contributed by atoms with van der Waals surface area (Å²) in [5.74, 6) is 1.13. The summed E-state index contributed by atoms with van der Waals surface area (Å²) in [6.45, 7) is 0. The fraction of sp³-hybridized carbons (Fsp3) is 0.269. The number of phenolic OH excluding ortho intramolecular Hbond substituents is 2. The van der Waals surface area contributed by atoms with Crippen LogP contribution in [-0.4, -0.2) is 30.2 Å². The molecule has 0 fully saturated rings. The van der Waals surface area contributed by atoms with Crippen LogP contribution in [0.25, 0.3) is 0 Å². The van der Waals surface area contributed by atoms with Gasteiger partial charge in [-0.15, -0.1) is 0 Å². The highest BCUT2D eigenvalue weighted by Gasteiger charge is 2.29. The van der Waals surface area contributed by atoms with Crippen LogP contribution in [0, 0.1) is 0 Å². The van der Waals surface area contributed by atoms with Crippen molar-refractivity contribution in [1.29, 1.82) is 0 Å². The number of ketones is 1. The number of hydrogen-bond acceptors (Lipinski definition) is 5. The Morgan fingerprint density at radius 3 is 2.35 bits per heavy atom. The third-order valence-corrected chi connectivity index (χ3v) is 5.92. The molecule has 0 aromatic heterocycles. The Balaban J connectivity index is 1.44. The van der Waals surface area contributed by atoms with Crippen LogP contribution in [0.15, 0.2) is 48.5 Å². The second-order valence-electron chi connectivity index (χ2n) is 7.82. The summed E-state index contributed by atoms with van der Waals surface area (Å²) >= 11 is 0. The summed E-state index contributed by atoms with van der Waals surface area (Å²) in [4.78, 5) is 13.0. The quantitative estimate of drug-likeness (QED) is 0.421. The van der Waals surface area contributed by atoms with Crippen molar-refractivity contribution >= 4 is 5.78 Å². The maximum atomic E-state index is 13.0. The Bertz CT molecular complexity index is 1130. The molecular formula is C26H26O5. The largest absolute Gasteiger partial charge is 0.507 e. The Labute approximate surface area is 181 Å². The minimum Gasteiger partial charge on any atom is -0.507 e. The average Bonchev–Trinajstić information content (AvgIpc) is 2.77. The molecule has 2 N–H and O–H groups in total. The number of carbonyl (C=O) groups excluding carboxylic acids is 1. The van der Waals surface area contributed by atoms with Crippen LogP contribution in [0.5, 0.6) is 23.0 Å². The van der Waals surface area contributed by atoms with Crippen molar-refractivity contribution in [3.8, 4) is 23.0 Å². The van der Waals surface area contributed by atoms with E-state index in [1.165, 1.54) is 6.07 Å². The summed E-state index contributed by atoms with van der Waals surface area (Å²) in [6.07, 6.45) is 3.89. The number of benzene rings is 3. The van der Waals surface area contributed by atoms with Gasteiger partial charge in [0.1, 0.15) is 11.5 Å². The number of ether oxygens (including phenoxy) is 2. The van der Waals surface area contributed by atoms with E-state index in [-0.39, 0.29) is 17.3 Å². The number of methoxy groups -OCH3 is 2. The Morgan fingerprint density at radius 2 is 1.58 bits per heavy atom. The van der Waals surface area contributed by atoms with E-state index in [9.17, 15) is 15.0 Å². The van der Waals surface area contributed by atoms with E-state index in [4.69, 9.17) is 9.47 Å². The summed E-state index contributed by atoms with van der Waals surface area (Å²) in [6, 6.07) is 14.8. The van der Waals surface area contributed by atoms with Gasteiger partial charge in [-0.1, -0.05) is 30.3 Å². The van der Waals surface area contributed by atoms with E-state index >= 15 is 0 Å². The van der Waals surface area contributed by atoms with Crippen LogP contribution in [0.1, 0.15) is 51.0 Å². The van der Waals surface area contributed by atoms with Gasteiger partial charge in [-0.25, -0.2) is 0 Å².